The molecule has 1 atom stereocenters. The number of benzene rings is 1. The van der Waals surface area contributed by atoms with E-state index in [0.717, 1.165) is 24.1 Å². The first-order chi connectivity index (χ1) is 11.1. The summed E-state index contributed by atoms with van der Waals surface area (Å²) in [5, 5.41) is 1.18. The summed E-state index contributed by atoms with van der Waals surface area (Å²) in [5.41, 5.74) is 2.67. The topological polar surface area (TPSA) is 47.8 Å². The number of aromatic nitrogens is 3. The molecule has 2 heterocycles. The average molecular weight is 326 g/mol. The van der Waals surface area contributed by atoms with Crippen molar-refractivity contribution < 1.29 is 0 Å². The van der Waals surface area contributed by atoms with E-state index in [1.165, 1.54) is 0 Å². The summed E-state index contributed by atoms with van der Waals surface area (Å²) >= 11 is 5.99. The molecule has 0 N–H and O–H groups in total. The van der Waals surface area contributed by atoms with Crippen LogP contribution in [0.5, 0.6) is 0 Å². The van der Waals surface area contributed by atoms with Gasteiger partial charge in [0.15, 0.2) is 0 Å². The van der Waals surface area contributed by atoms with Gasteiger partial charge in [-0.25, -0.2) is 4.98 Å². The van der Waals surface area contributed by atoms with Crippen LogP contribution in [0.2, 0.25) is 5.02 Å². The third kappa shape index (κ3) is 2.53. The van der Waals surface area contributed by atoms with Crippen LogP contribution in [0.3, 0.4) is 0 Å². The third-order valence-electron chi connectivity index (χ3n) is 4.44. The SMILES string of the molecule is Cc1cccnc1[C@@H](C1CC1)n1cnc2cc(Cl)ccc2c1=O. The second-order valence-corrected chi connectivity index (χ2v) is 6.54. The minimum Gasteiger partial charge on any atom is -0.289 e. The molecule has 0 spiro atoms. The first-order valence-electron chi connectivity index (χ1n) is 7.73. The lowest BCUT2D eigenvalue weighted by atomic mass is 10.0. The first kappa shape index (κ1) is 14.4. The van der Waals surface area contributed by atoms with Crippen LogP contribution in [0.4, 0.5) is 0 Å². The third-order valence-corrected chi connectivity index (χ3v) is 4.68. The van der Waals surface area contributed by atoms with Crippen LogP contribution in [0.15, 0.2) is 47.7 Å². The minimum atomic E-state index is -0.0451. The summed E-state index contributed by atoms with van der Waals surface area (Å²) in [6, 6.07) is 9.12. The average Bonchev–Trinajstić information content (AvgIpc) is 3.36. The number of aryl methyl sites for hydroxylation is 1. The number of rotatable bonds is 3. The number of nitrogens with zero attached hydrogens (tertiary/aromatic N) is 3. The standard InChI is InChI=1S/C18H16ClN3O/c1-11-3-2-8-20-16(11)17(12-4-5-12)22-10-21-15-9-13(19)6-7-14(15)18(22)23/h2-3,6-10,12,17H,4-5H2,1H3/t17-/m1/s1. The van der Waals surface area contributed by atoms with Crippen LogP contribution < -0.4 is 5.56 Å². The number of pyridine rings is 1. The van der Waals surface area contributed by atoms with Gasteiger partial charge in [0.2, 0.25) is 0 Å². The molecule has 0 bridgehead atoms. The summed E-state index contributed by atoms with van der Waals surface area (Å²) in [6.07, 6.45) is 5.66. The van der Waals surface area contributed by atoms with Crippen LogP contribution in [0, 0.1) is 12.8 Å². The maximum Gasteiger partial charge on any atom is 0.261 e. The molecule has 0 aliphatic heterocycles. The lowest BCUT2D eigenvalue weighted by molar-refractivity contribution is 0.487. The normalized spacial score (nSPS) is 15.7. The van der Waals surface area contributed by atoms with Gasteiger partial charge in [-0.2, -0.15) is 0 Å². The van der Waals surface area contributed by atoms with Gasteiger partial charge in [0.05, 0.1) is 29.0 Å². The first-order valence-corrected chi connectivity index (χ1v) is 8.11. The number of hydrogen-bond acceptors (Lipinski definition) is 3. The Hall–Kier alpha value is -2.20. The van der Waals surface area contributed by atoms with Crippen LogP contribution in [-0.2, 0) is 0 Å². The molecule has 1 aliphatic rings. The molecule has 1 fully saturated rings. The van der Waals surface area contributed by atoms with Gasteiger partial charge < -0.3 is 0 Å². The Morgan fingerprint density at radius 1 is 1.26 bits per heavy atom. The zero-order chi connectivity index (χ0) is 16.0. The van der Waals surface area contributed by atoms with Gasteiger partial charge in [-0.15, -0.1) is 0 Å². The molecule has 116 valence electrons. The van der Waals surface area contributed by atoms with Crippen molar-refractivity contribution in [3.63, 3.8) is 0 Å². The second-order valence-electron chi connectivity index (χ2n) is 6.11. The van der Waals surface area contributed by atoms with E-state index in [2.05, 4.69) is 9.97 Å². The van der Waals surface area contributed by atoms with E-state index in [-0.39, 0.29) is 11.6 Å². The highest BCUT2D eigenvalue weighted by Crippen LogP contribution is 2.43. The predicted octanol–water partition coefficient (Wildman–Crippen LogP) is 3.75. The summed E-state index contributed by atoms with van der Waals surface area (Å²) in [6.45, 7) is 2.04. The van der Waals surface area contributed by atoms with Crippen LogP contribution in [0.25, 0.3) is 10.9 Å². The highest BCUT2D eigenvalue weighted by atomic mass is 35.5. The fraction of sp³-hybridized carbons (Fsp3) is 0.278. The monoisotopic (exact) mass is 325 g/mol. The lowest BCUT2D eigenvalue weighted by Crippen LogP contribution is -2.28. The molecule has 0 saturated heterocycles. The Morgan fingerprint density at radius 3 is 2.83 bits per heavy atom. The van der Waals surface area contributed by atoms with Crippen molar-refractivity contribution in [2.24, 2.45) is 5.92 Å². The number of halogens is 1. The molecule has 5 heteroatoms. The Balaban J connectivity index is 1.92. The van der Waals surface area contributed by atoms with Gasteiger partial charge in [-0.05, 0) is 55.5 Å². The molecular weight excluding hydrogens is 310 g/mol. The van der Waals surface area contributed by atoms with E-state index in [9.17, 15) is 4.79 Å². The van der Waals surface area contributed by atoms with Gasteiger partial charge in [0, 0.05) is 11.2 Å². The fourth-order valence-corrected chi connectivity index (χ4v) is 3.27. The molecule has 4 nitrogen and oxygen atoms in total. The van der Waals surface area contributed by atoms with E-state index in [1.54, 1.807) is 35.3 Å². The molecule has 23 heavy (non-hydrogen) atoms. The van der Waals surface area contributed by atoms with E-state index >= 15 is 0 Å². The summed E-state index contributed by atoms with van der Waals surface area (Å²) in [5.74, 6) is 0.452. The lowest BCUT2D eigenvalue weighted by Gasteiger charge is -2.20. The molecule has 0 radical (unpaired) electrons. The summed E-state index contributed by atoms with van der Waals surface area (Å²) in [4.78, 5) is 21.9. The molecular formula is C18H16ClN3O. The van der Waals surface area contributed by atoms with Crippen molar-refractivity contribution in [1.82, 2.24) is 14.5 Å². The van der Waals surface area contributed by atoms with Gasteiger partial charge >= 0.3 is 0 Å². The van der Waals surface area contributed by atoms with E-state index in [4.69, 9.17) is 11.6 Å². The zero-order valence-corrected chi connectivity index (χ0v) is 13.5. The highest BCUT2D eigenvalue weighted by Gasteiger charge is 2.36. The quantitative estimate of drug-likeness (QED) is 0.736. The maximum absolute atomic E-state index is 13.0. The molecule has 4 rings (SSSR count). The Morgan fingerprint density at radius 2 is 2.09 bits per heavy atom. The van der Waals surface area contributed by atoms with E-state index in [1.807, 2.05) is 19.1 Å². The van der Waals surface area contributed by atoms with Gasteiger partial charge in [0.1, 0.15) is 0 Å². The molecule has 0 unspecified atom stereocenters. The highest BCUT2D eigenvalue weighted by molar-refractivity contribution is 6.31. The van der Waals surface area contributed by atoms with E-state index < -0.39 is 0 Å². The second kappa shape index (κ2) is 5.46. The Labute approximate surface area is 138 Å². The van der Waals surface area contributed by atoms with Crippen molar-refractivity contribution in [2.75, 3.05) is 0 Å². The zero-order valence-electron chi connectivity index (χ0n) is 12.7. The Bertz CT molecular complexity index is 946. The van der Waals surface area contributed by atoms with Crippen molar-refractivity contribution in [1.29, 1.82) is 0 Å². The van der Waals surface area contributed by atoms with Crippen LogP contribution in [0.1, 0.15) is 30.1 Å². The fourth-order valence-electron chi connectivity index (χ4n) is 3.11. The Kier molecular flexibility index (Phi) is 3.42. The smallest absolute Gasteiger partial charge is 0.261 e. The number of fused-ring (bicyclic) bond motifs is 1. The molecule has 3 aromatic rings. The number of hydrogen-bond donors (Lipinski definition) is 0. The predicted molar refractivity (Wildman–Crippen MR) is 90.9 cm³/mol. The van der Waals surface area contributed by atoms with Crippen molar-refractivity contribution >= 4 is 22.5 Å². The maximum atomic E-state index is 13.0. The van der Waals surface area contributed by atoms with Crippen molar-refractivity contribution in [2.45, 2.75) is 25.8 Å². The van der Waals surface area contributed by atoms with Crippen LogP contribution >= 0.6 is 11.6 Å². The van der Waals surface area contributed by atoms with Gasteiger partial charge in [-0.3, -0.25) is 14.3 Å². The summed E-state index contributed by atoms with van der Waals surface area (Å²) in [7, 11) is 0. The molecule has 1 aromatic carbocycles. The molecule has 1 saturated carbocycles. The molecule has 2 aromatic heterocycles. The van der Waals surface area contributed by atoms with Gasteiger partial charge in [0.25, 0.3) is 5.56 Å². The van der Waals surface area contributed by atoms with Crippen molar-refractivity contribution in [3.8, 4) is 0 Å². The minimum absolute atomic E-state index is 0.0337. The van der Waals surface area contributed by atoms with E-state index in [0.29, 0.717) is 21.8 Å². The largest absolute Gasteiger partial charge is 0.289 e. The van der Waals surface area contributed by atoms with Crippen LogP contribution in [-0.4, -0.2) is 14.5 Å². The molecule has 0 amide bonds. The van der Waals surface area contributed by atoms with Gasteiger partial charge in [-0.1, -0.05) is 17.7 Å². The van der Waals surface area contributed by atoms with Crippen molar-refractivity contribution in [3.05, 3.63) is 69.5 Å². The summed E-state index contributed by atoms with van der Waals surface area (Å²) < 4.78 is 1.74. The molecule has 1 aliphatic carbocycles.